The lowest BCUT2D eigenvalue weighted by atomic mass is 9.85. The van der Waals surface area contributed by atoms with Crippen LogP contribution < -0.4 is 26.2 Å². The number of hydrogen-bond acceptors (Lipinski definition) is 9. The van der Waals surface area contributed by atoms with Gasteiger partial charge in [-0.2, -0.15) is 5.01 Å². The number of piperazine rings is 1. The maximum atomic E-state index is 13.5. The summed E-state index contributed by atoms with van der Waals surface area (Å²) in [7, 11) is 2.18. The number of allylic oxidation sites excluding steroid dienone is 1. The van der Waals surface area contributed by atoms with Gasteiger partial charge in [-0.3, -0.25) is 25.8 Å². The molecule has 10 heteroatoms. The molecule has 0 saturated carbocycles. The van der Waals surface area contributed by atoms with E-state index in [1.165, 1.54) is 5.69 Å². The molecule has 5 unspecified atom stereocenters. The van der Waals surface area contributed by atoms with Crippen LogP contribution in [-0.4, -0.2) is 103 Å². The minimum atomic E-state index is -0.775. The van der Waals surface area contributed by atoms with Crippen molar-refractivity contribution in [2.75, 3.05) is 56.5 Å². The molecular weight excluding hydrogens is 480 g/mol. The molecule has 1 amide bonds. The predicted molar refractivity (Wildman–Crippen MR) is 149 cm³/mol. The van der Waals surface area contributed by atoms with Gasteiger partial charge in [0.2, 0.25) is 5.91 Å². The van der Waals surface area contributed by atoms with Crippen molar-refractivity contribution < 1.29 is 9.90 Å². The number of nitrogens with one attached hydrogen (secondary N) is 4. The van der Waals surface area contributed by atoms with Gasteiger partial charge in [0.15, 0.2) is 0 Å². The highest BCUT2D eigenvalue weighted by atomic mass is 16.3. The lowest BCUT2D eigenvalue weighted by Gasteiger charge is -2.47. The third kappa shape index (κ3) is 5.17. The van der Waals surface area contributed by atoms with Crippen molar-refractivity contribution in [3.63, 3.8) is 0 Å². The number of carbonyl (C=O) groups excluding carboxylic acids is 1. The van der Waals surface area contributed by atoms with Gasteiger partial charge in [-0.25, -0.2) is 0 Å². The van der Waals surface area contributed by atoms with Gasteiger partial charge in [0.1, 0.15) is 6.29 Å². The smallest absolute Gasteiger partial charge is 0.244 e. The Bertz CT molecular complexity index is 1010. The first-order valence-corrected chi connectivity index (χ1v) is 14.4. The first kappa shape index (κ1) is 26.0. The van der Waals surface area contributed by atoms with Crippen LogP contribution in [0.1, 0.15) is 39.0 Å². The summed E-state index contributed by atoms with van der Waals surface area (Å²) in [6.07, 6.45) is 8.37. The fraction of sp³-hybridized carbons (Fsp3) is 0.679. The Labute approximate surface area is 226 Å². The van der Waals surface area contributed by atoms with Crippen molar-refractivity contribution in [1.82, 2.24) is 30.9 Å². The lowest BCUT2D eigenvalue weighted by Crippen LogP contribution is -2.69. The molecule has 6 rings (SSSR count). The van der Waals surface area contributed by atoms with E-state index in [1.807, 2.05) is 11.9 Å². The summed E-state index contributed by atoms with van der Waals surface area (Å²) in [5, 5.41) is 29.9. The maximum absolute atomic E-state index is 13.5. The van der Waals surface area contributed by atoms with E-state index in [4.69, 9.17) is 0 Å². The Balaban J connectivity index is 1.16. The fourth-order valence-electron chi connectivity index (χ4n) is 6.73. The molecule has 4 fully saturated rings. The number of fused-ring (bicyclic) bond motifs is 6. The van der Waals surface area contributed by atoms with E-state index >= 15 is 0 Å². The highest BCUT2D eigenvalue weighted by molar-refractivity contribution is 5.82. The molecule has 0 spiro atoms. The molecule has 0 aliphatic carbocycles. The number of amides is 1. The number of rotatable bonds is 3. The van der Waals surface area contributed by atoms with Gasteiger partial charge in [-0.1, -0.05) is 12.2 Å². The zero-order valence-electron chi connectivity index (χ0n) is 22.8. The second kappa shape index (κ2) is 10.7. The van der Waals surface area contributed by atoms with E-state index in [-0.39, 0.29) is 36.5 Å². The van der Waals surface area contributed by atoms with E-state index < -0.39 is 5.60 Å². The molecule has 2 bridgehead atoms. The van der Waals surface area contributed by atoms with Crippen LogP contribution in [0.5, 0.6) is 0 Å². The number of aliphatic hydroxyl groups is 1. The molecule has 4 saturated heterocycles. The summed E-state index contributed by atoms with van der Waals surface area (Å²) >= 11 is 0. The van der Waals surface area contributed by atoms with Crippen LogP contribution in [0, 0.1) is 5.92 Å². The van der Waals surface area contributed by atoms with Crippen molar-refractivity contribution >= 4 is 17.3 Å². The molecule has 5 aliphatic rings. The Morgan fingerprint density at radius 1 is 1.05 bits per heavy atom. The monoisotopic (exact) mass is 524 g/mol. The highest BCUT2D eigenvalue weighted by Crippen LogP contribution is 2.34. The van der Waals surface area contributed by atoms with Gasteiger partial charge in [-0.15, -0.1) is 0 Å². The third-order valence-corrected chi connectivity index (χ3v) is 9.14. The van der Waals surface area contributed by atoms with E-state index in [2.05, 4.69) is 79.5 Å². The summed E-state index contributed by atoms with van der Waals surface area (Å²) in [6, 6.07) is 8.68. The highest BCUT2D eigenvalue weighted by Gasteiger charge is 2.52. The summed E-state index contributed by atoms with van der Waals surface area (Å²) in [5.41, 5.74) is 1.53. The molecule has 1 aromatic rings. The first-order valence-electron chi connectivity index (χ1n) is 14.4. The van der Waals surface area contributed by atoms with Gasteiger partial charge in [-0.05, 0) is 70.3 Å². The number of benzene rings is 1. The van der Waals surface area contributed by atoms with Crippen LogP contribution in [0.15, 0.2) is 36.4 Å². The van der Waals surface area contributed by atoms with Gasteiger partial charge in [0.25, 0.3) is 0 Å². The van der Waals surface area contributed by atoms with Crippen LogP contribution in [0.4, 0.5) is 11.4 Å². The summed E-state index contributed by atoms with van der Waals surface area (Å²) in [6.45, 7) is 7.41. The third-order valence-electron chi connectivity index (χ3n) is 9.14. The average Bonchev–Trinajstić information content (AvgIpc) is 3.19. The van der Waals surface area contributed by atoms with Gasteiger partial charge in [0, 0.05) is 50.1 Å². The van der Waals surface area contributed by atoms with Crippen LogP contribution in [0.2, 0.25) is 0 Å². The van der Waals surface area contributed by atoms with Crippen LogP contribution in [-0.2, 0) is 4.79 Å². The fourth-order valence-corrected chi connectivity index (χ4v) is 6.73. The number of hydrazine groups is 1. The van der Waals surface area contributed by atoms with E-state index in [9.17, 15) is 9.90 Å². The number of carbonyl (C=O) groups is 1. The zero-order valence-corrected chi connectivity index (χ0v) is 22.8. The molecule has 5 N–H and O–H groups in total. The second-order valence-corrected chi connectivity index (χ2v) is 11.9. The molecule has 5 heterocycles. The molecule has 0 aromatic heterocycles. The summed E-state index contributed by atoms with van der Waals surface area (Å²) < 4.78 is 0. The van der Waals surface area contributed by atoms with Gasteiger partial charge >= 0.3 is 0 Å². The minimum Gasteiger partial charge on any atom is -0.389 e. The lowest BCUT2D eigenvalue weighted by molar-refractivity contribution is -0.146. The molecule has 5 aliphatic heterocycles. The SMILES string of the molecule is CN1CCN(c2ccc(NC3NCC4C(=O)N5C/C=C\CC[C@@](C)(O)C6CCCC(N6)N5C4N3)cc2)CC1. The molecule has 6 atom stereocenters. The topological polar surface area (TPSA) is 98.4 Å². The number of hydrogen-bond donors (Lipinski definition) is 5. The van der Waals surface area contributed by atoms with Crippen LogP contribution in [0.3, 0.4) is 0 Å². The Hall–Kier alpha value is -2.21. The predicted octanol–water partition coefficient (Wildman–Crippen LogP) is 0.897. The minimum absolute atomic E-state index is 0.000189. The first-order chi connectivity index (χ1) is 18.4. The van der Waals surface area contributed by atoms with Gasteiger partial charge < -0.3 is 20.2 Å². The van der Waals surface area contributed by atoms with Crippen molar-refractivity contribution in [1.29, 1.82) is 0 Å². The van der Waals surface area contributed by atoms with Crippen molar-refractivity contribution in [3.05, 3.63) is 36.4 Å². The molecule has 38 heavy (non-hydrogen) atoms. The number of piperidine rings is 1. The van der Waals surface area contributed by atoms with Crippen molar-refractivity contribution in [2.24, 2.45) is 5.92 Å². The number of anilines is 2. The molecular formula is C28H44N8O2. The van der Waals surface area contributed by atoms with E-state index in [1.54, 1.807) is 0 Å². The molecule has 1 aromatic carbocycles. The normalized spacial score (nSPS) is 37.8. The summed E-state index contributed by atoms with van der Waals surface area (Å²) in [5.74, 6) is -0.00348. The zero-order chi connectivity index (χ0) is 26.3. The van der Waals surface area contributed by atoms with Crippen LogP contribution in [0.25, 0.3) is 0 Å². The van der Waals surface area contributed by atoms with E-state index in [0.29, 0.717) is 13.1 Å². The molecule has 10 nitrogen and oxygen atoms in total. The second-order valence-electron chi connectivity index (χ2n) is 11.9. The average molecular weight is 525 g/mol. The Kier molecular flexibility index (Phi) is 7.36. The van der Waals surface area contributed by atoms with Crippen molar-refractivity contribution in [2.45, 2.75) is 69.3 Å². The van der Waals surface area contributed by atoms with E-state index in [0.717, 1.165) is 64.0 Å². The summed E-state index contributed by atoms with van der Waals surface area (Å²) in [4.78, 5) is 18.4. The van der Waals surface area contributed by atoms with Crippen LogP contribution >= 0.6 is 0 Å². The quantitative estimate of drug-likeness (QED) is 0.370. The largest absolute Gasteiger partial charge is 0.389 e. The Morgan fingerprint density at radius 2 is 1.84 bits per heavy atom. The molecule has 0 radical (unpaired) electrons. The van der Waals surface area contributed by atoms with Gasteiger partial charge in [0.05, 0.1) is 30.4 Å². The van der Waals surface area contributed by atoms with Crippen molar-refractivity contribution in [3.8, 4) is 0 Å². The molecule has 208 valence electrons. The standard InChI is InChI=1S/C28H44N8O2/c1-28(38)13-4-3-5-14-35-26(37)22-19-29-27(32-25(22)36(35)24-8-6-7-23(28)31-24)30-20-9-11-21(12-10-20)34-17-15-33(2)16-18-34/h3,5,9-12,22-25,27,29-32,38H,4,6-8,13-19H2,1-2H3/b5-3-/t22?,23?,24?,25?,27?,28-/m1/s1. The number of nitrogens with zero attached hydrogens (tertiary/aromatic N) is 4. The Morgan fingerprint density at radius 3 is 2.63 bits per heavy atom. The maximum Gasteiger partial charge on any atom is 0.244 e. The number of likely N-dealkylation sites (N-methyl/N-ethyl adjacent to an activating group) is 1.